The van der Waals surface area contributed by atoms with Crippen molar-refractivity contribution in [3.8, 4) is 16.8 Å². The predicted molar refractivity (Wildman–Crippen MR) is 223 cm³/mol. The molecule has 0 aliphatic heterocycles. The largest absolute Gasteiger partial charge is 0.456 e. The maximum Gasteiger partial charge on any atom is 0.136 e. The highest BCUT2D eigenvalue weighted by atomic mass is 16.3. The molecule has 248 valence electrons. The van der Waals surface area contributed by atoms with Gasteiger partial charge in [-0.2, -0.15) is 0 Å². The molecule has 0 radical (unpaired) electrons. The minimum absolute atomic E-state index is 0.895. The van der Waals surface area contributed by atoms with E-state index in [0.717, 1.165) is 55.8 Å². The molecule has 0 fully saturated rings. The molecule has 11 aromatic rings. The highest BCUT2D eigenvalue weighted by Crippen LogP contribution is 2.42. The van der Waals surface area contributed by atoms with Crippen LogP contribution in [-0.4, -0.2) is 4.57 Å². The molecule has 0 amide bonds. The zero-order chi connectivity index (χ0) is 34.9. The molecule has 3 nitrogen and oxygen atoms in total. The van der Waals surface area contributed by atoms with E-state index in [0.29, 0.717) is 0 Å². The van der Waals surface area contributed by atoms with E-state index < -0.39 is 0 Å². The van der Waals surface area contributed by atoms with E-state index in [1.54, 1.807) is 0 Å². The lowest BCUT2D eigenvalue weighted by Crippen LogP contribution is -2.10. The molecule has 2 aromatic heterocycles. The lowest BCUT2D eigenvalue weighted by atomic mass is 9.98. The van der Waals surface area contributed by atoms with Gasteiger partial charge in [0.05, 0.1) is 11.0 Å². The average molecular weight is 677 g/mol. The van der Waals surface area contributed by atoms with Crippen LogP contribution in [0, 0.1) is 0 Å². The summed E-state index contributed by atoms with van der Waals surface area (Å²) in [6.45, 7) is 0. The van der Waals surface area contributed by atoms with Gasteiger partial charge in [-0.3, -0.25) is 0 Å². The fourth-order valence-electron chi connectivity index (χ4n) is 8.39. The van der Waals surface area contributed by atoms with Gasteiger partial charge in [0.1, 0.15) is 11.2 Å². The van der Waals surface area contributed by atoms with Gasteiger partial charge < -0.3 is 13.9 Å². The Morgan fingerprint density at radius 3 is 1.81 bits per heavy atom. The number of para-hydroxylation sites is 3. The number of nitrogens with zero attached hydrogens (tertiary/aromatic N) is 2. The zero-order valence-electron chi connectivity index (χ0n) is 28.8. The minimum atomic E-state index is 0.895. The second-order valence-electron chi connectivity index (χ2n) is 13.7. The molecule has 3 heteroatoms. The van der Waals surface area contributed by atoms with Crippen LogP contribution < -0.4 is 4.90 Å². The molecule has 0 N–H and O–H groups in total. The van der Waals surface area contributed by atoms with Crippen molar-refractivity contribution < 1.29 is 4.42 Å². The first-order chi connectivity index (χ1) is 26.3. The Kier molecular flexibility index (Phi) is 6.55. The summed E-state index contributed by atoms with van der Waals surface area (Å²) in [7, 11) is 0. The number of hydrogen-bond donors (Lipinski definition) is 0. The summed E-state index contributed by atoms with van der Waals surface area (Å²) >= 11 is 0. The van der Waals surface area contributed by atoms with Crippen molar-refractivity contribution in [3.63, 3.8) is 0 Å². The third-order valence-electron chi connectivity index (χ3n) is 10.7. The lowest BCUT2D eigenvalue weighted by Gasteiger charge is -2.27. The lowest BCUT2D eigenvalue weighted by molar-refractivity contribution is 0.669. The Morgan fingerprint density at radius 1 is 0.377 bits per heavy atom. The summed E-state index contributed by atoms with van der Waals surface area (Å²) in [5.74, 6) is 0. The number of benzene rings is 9. The Morgan fingerprint density at radius 2 is 0.981 bits per heavy atom. The van der Waals surface area contributed by atoms with Gasteiger partial charge >= 0.3 is 0 Å². The van der Waals surface area contributed by atoms with Crippen molar-refractivity contribution in [3.05, 3.63) is 194 Å². The van der Waals surface area contributed by atoms with Crippen LogP contribution in [0.4, 0.5) is 17.1 Å². The molecule has 0 atom stereocenters. The summed E-state index contributed by atoms with van der Waals surface area (Å²) in [5.41, 5.74) is 10.8. The molecular formula is C50H32N2O. The average Bonchev–Trinajstić information content (AvgIpc) is 3.77. The van der Waals surface area contributed by atoms with E-state index in [2.05, 4.69) is 191 Å². The molecular weight excluding hydrogens is 645 g/mol. The van der Waals surface area contributed by atoms with E-state index >= 15 is 0 Å². The third-order valence-corrected chi connectivity index (χ3v) is 10.7. The van der Waals surface area contributed by atoms with Gasteiger partial charge in [-0.25, -0.2) is 0 Å². The SMILES string of the molecule is c1cc(-c2cccc3oc4ccccc4c23)cc(N(c2cccc(-n3c4ccccc4c4ccccc43)c2)c2ccc3c(ccc4ccccc43)c2)c1. The number of hydrogen-bond acceptors (Lipinski definition) is 2. The van der Waals surface area contributed by atoms with Crippen LogP contribution in [0.2, 0.25) is 0 Å². The number of rotatable bonds is 5. The van der Waals surface area contributed by atoms with Gasteiger partial charge in [0.25, 0.3) is 0 Å². The van der Waals surface area contributed by atoms with E-state index in [9.17, 15) is 0 Å². The molecule has 0 saturated heterocycles. The second-order valence-corrected chi connectivity index (χ2v) is 13.7. The highest BCUT2D eigenvalue weighted by molar-refractivity contribution is 6.13. The van der Waals surface area contributed by atoms with Crippen LogP contribution in [0.15, 0.2) is 199 Å². The zero-order valence-corrected chi connectivity index (χ0v) is 28.8. The van der Waals surface area contributed by atoms with Crippen molar-refractivity contribution in [1.29, 1.82) is 0 Å². The first kappa shape index (κ1) is 29.6. The van der Waals surface area contributed by atoms with Crippen LogP contribution in [-0.2, 0) is 0 Å². The molecule has 0 aliphatic rings. The van der Waals surface area contributed by atoms with Crippen LogP contribution in [0.25, 0.3) is 82.1 Å². The third kappa shape index (κ3) is 4.68. The quantitative estimate of drug-likeness (QED) is 0.169. The molecule has 53 heavy (non-hydrogen) atoms. The fourth-order valence-corrected chi connectivity index (χ4v) is 8.39. The van der Waals surface area contributed by atoms with Gasteiger partial charge in [0.2, 0.25) is 0 Å². The summed E-state index contributed by atoms with van der Waals surface area (Å²) in [6.07, 6.45) is 0. The van der Waals surface area contributed by atoms with Gasteiger partial charge in [-0.05, 0) is 99.4 Å². The standard InChI is InChI=1S/C50H32N2O/c1-2-17-40-33(12-1)26-27-35-31-39(28-29-41(35)40)51(36-14-9-13-34(30-36)42-21-11-25-49-50(42)45-20-5-8-24-48(45)53-49)37-15-10-16-38(32-37)52-46-22-6-3-18-43(46)44-19-4-7-23-47(44)52/h1-32H. The minimum Gasteiger partial charge on any atom is -0.456 e. The van der Waals surface area contributed by atoms with Crippen LogP contribution in [0.3, 0.4) is 0 Å². The molecule has 11 rings (SSSR count). The Labute approximate surface area is 306 Å². The Bertz CT molecular complexity index is 3150. The molecule has 9 aromatic carbocycles. The first-order valence-corrected chi connectivity index (χ1v) is 18.1. The normalized spacial score (nSPS) is 11.8. The Hall–Kier alpha value is -7.10. The topological polar surface area (TPSA) is 21.3 Å². The molecule has 0 saturated carbocycles. The van der Waals surface area contributed by atoms with E-state index in [4.69, 9.17) is 4.42 Å². The number of anilines is 3. The molecule has 0 aliphatic carbocycles. The summed E-state index contributed by atoms with van der Waals surface area (Å²) < 4.78 is 8.69. The fraction of sp³-hybridized carbons (Fsp3) is 0. The van der Waals surface area contributed by atoms with Crippen LogP contribution in [0.1, 0.15) is 0 Å². The number of furan rings is 1. The van der Waals surface area contributed by atoms with Crippen molar-refractivity contribution >= 4 is 82.4 Å². The highest BCUT2D eigenvalue weighted by Gasteiger charge is 2.19. The van der Waals surface area contributed by atoms with E-state index in [1.165, 1.54) is 43.4 Å². The van der Waals surface area contributed by atoms with Gasteiger partial charge in [-0.1, -0.05) is 127 Å². The first-order valence-electron chi connectivity index (χ1n) is 18.1. The van der Waals surface area contributed by atoms with Crippen LogP contribution in [0.5, 0.6) is 0 Å². The molecule has 0 spiro atoms. The second kappa shape index (κ2) is 11.7. The van der Waals surface area contributed by atoms with Crippen LogP contribution >= 0.6 is 0 Å². The summed E-state index contributed by atoms with van der Waals surface area (Å²) in [6, 6.07) is 69.9. The summed E-state index contributed by atoms with van der Waals surface area (Å²) in [5, 5.41) is 9.73. The molecule has 0 unspecified atom stereocenters. The van der Waals surface area contributed by atoms with Crippen molar-refractivity contribution in [1.82, 2.24) is 4.57 Å². The van der Waals surface area contributed by atoms with Gasteiger partial charge in [-0.15, -0.1) is 0 Å². The maximum absolute atomic E-state index is 6.30. The van der Waals surface area contributed by atoms with E-state index in [1.807, 2.05) is 12.1 Å². The Balaban J connectivity index is 1.14. The predicted octanol–water partition coefficient (Wildman–Crippen LogP) is 14.1. The monoisotopic (exact) mass is 676 g/mol. The van der Waals surface area contributed by atoms with Crippen molar-refractivity contribution in [2.45, 2.75) is 0 Å². The smallest absolute Gasteiger partial charge is 0.136 e. The van der Waals surface area contributed by atoms with Crippen molar-refractivity contribution in [2.24, 2.45) is 0 Å². The van der Waals surface area contributed by atoms with Gasteiger partial charge in [0.15, 0.2) is 0 Å². The van der Waals surface area contributed by atoms with Gasteiger partial charge in [0, 0.05) is 44.3 Å². The number of fused-ring (bicyclic) bond motifs is 9. The molecule has 2 heterocycles. The number of aromatic nitrogens is 1. The van der Waals surface area contributed by atoms with Crippen molar-refractivity contribution in [2.75, 3.05) is 4.90 Å². The van der Waals surface area contributed by atoms with E-state index in [-0.39, 0.29) is 0 Å². The summed E-state index contributed by atoms with van der Waals surface area (Å²) in [4.78, 5) is 2.39. The maximum atomic E-state index is 6.30. The molecule has 0 bridgehead atoms.